The van der Waals surface area contributed by atoms with Gasteiger partial charge < -0.3 is 9.64 Å². The molecule has 0 spiro atoms. The average molecular weight is 291 g/mol. The molecule has 0 saturated carbocycles. The van der Waals surface area contributed by atoms with Gasteiger partial charge in [-0.25, -0.2) is 4.39 Å². The SMILES string of the molecule is CC=CC(=O)N1CCC(Cc2cc(OC)ccc2F)CC1. The van der Waals surface area contributed by atoms with Crippen LogP contribution in [0, 0.1) is 11.7 Å². The van der Waals surface area contributed by atoms with Crippen molar-refractivity contribution in [2.75, 3.05) is 20.2 Å². The van der Waals surface area contributed by atoms with E-state index in [9.17, 15) is 9.18 Å². The summed E-state index contributed by atoms with van der Waals surface area (Å²) < 4.78 is 19.0. The molecule has 1 fully saturated rings. The Balaban J connectivity index is 1.93. The molecule has 0 atom stereocenters. The number of likely N-dealkylation sites (tertiary alicyclic amines) is 1. The van der Waals surface area contributed by atoms with Gasteiger partial charge in [-0.05, 0) is 61.9 Å². The summed E-state index contributed by atoms with van der Waals surface area (Å²) in [4.78, 5) is 13.6. The van der Waals surface area contributed by atoms with E-state index in [-0.39, 0.29) is 11.7 Å². The highest BCUT2D eigenvalue weighted by molar-refractivity contribution is 5.87. The van der Waals surface area contributed by atoms with Crippen LogP contribution in [0.1, 0.15) is 25.3 Å². The monoisotopic (exact) mass is 291 g/mol. The molecule has 0 N–H and O–H groups in total. The molecular formula is C17H22FNO2. The molecule has 3 nitrogen and oxygen atoms in total. The van der Waals surface area contributed by atoms with Crippen LogP contribution in [0.4, 0.5) is 4.39 Å². The van der Waals surface area contributed by atoms with Gasteiger partial charge >= 0.3 is 0 Å². The maximum atomic E-state index is 13.8. The molecule has 21 heavy (non-hydrogen) atoms. The molecule has 0 unspecified atom stereocenters. The topological polar surface area (TPSA) is 29.5 Å². The second kappa shape index (κ2) is 7.25. The number of benzene rings is 1. The number of nitrogens with zero attached hydrogens (tertiary/aromatic N) is 1. The molecular weight excluding hydrogens is 269 g/mol. The van der Waals surface area contributed by atoms with Crippen molar-refractivity contribution >= 4 is 5.91 Å². The Morgan fingerprint density at radius 2 is 2.14 bits per heavy atom. The summed E-state index contributed by atoms with van der Waals surface area (Å²) in [6.45, 7) is 3.34. The molecule has 0 aromatic heterocycles. The lowest BCUT2D eigenvalue weighted by Gasteiger charge is -2.31. The van der Waals surface area contributed by atoms with Crippen LogP contribution in [0.2, 0.25) is 0 Å². The van der Waals surface area contributed by atoms with Crippen molar-refractivity contribution in [3.05, 3.63) is 41.7 Å². The van der Waals surface area contributed by atoms with Gasteiger partial charge in [0.15, 0.2) is 0 Å². The summed E-state index contributed by atoms with van der Waals surface area (Å²) in [5.74, 6) is 1.00. The first-order chi connectivity index (χ1) is 10.1. The van der Waals surface area contributed by atoms with Crippen molar-refractivity contribution in [1.82, 2.24) is 4.90 Å². The fraction of sp³-hybridized carbons (Fsp3) is 0.471. The smallest absolute Gasteiger partial charge is 0.246 e. The van der Waals surface area contributed by atoms with E-state index >= 15 is 0 Å². The number of hydrogen-bond acceptors (Lipinski definition) is 2. The van der Waals surface area contributed by atoms with Gasteiger partial charge in [0.2, 0.25) is 5.91 Å². The molecule has 0 radical (unpaired) electrons. The molecule has 0 aliphatic carbocycles. The van der Waals surface area contributed by atoms with E-state index in [1.807, 2.05) is 11.8 Å². The Kier molecular flexibility index (Phi) is 5.37. The molecule has 114 valence electrons. The molecule has 1 aliphatic rings. The van der Waals surface area contributed by atoms with Crippen molar-refractivity contribution < 1.29 is 13.9 Å². The zero-order valence-corrected chi connectivity index (χ0v) is 12.6. The number of carbonyl (C=O) groups is 1. The van der Waals surface area contributed by atoms with Gasteiger partial charge in [0.05, 0.1) is 7.11 Å². The largest absolute Gasteiger partial charge is 0.497 e. The molecule has 1 saturated heterocycles. The van der Waals surface area contributed by atoms with Crippen molar-refractivity contribution in [2.45, 2.75) is 26.2 Å². The standard InChI is InChI=1S/C17H22FNO2/c1-3-4-17(20)19-9-7-13(8-10-19)11-14-12-15(21-2)5-6-16(14)18/h3-6,12-13H,7-11H2,1-2H3. The number of halogens is 1. The highest BCUT2D eigenvalue weighted by Crippen LogP contribution is 2.25. The fourth-order valence-corrected chi connectivity index (χ4v) is 2.75. The van der Waals surface area contributed by atoms with Gasteiger partial charge in [-0.15, -0.1) is 0 Å². The first kappa shape index (κ1) is 15.5. The molecule has 1 aliphatic heterocycles. The lowest BCUT2D eigenvalue weighted by Crippen LogP contribution is -2.38. The average Bonchev–Trinajstić information content (AvgIpc) is 2.50. The van der Waals surface area contributed by atoms with E-state index in [1.165, 1.54) is 6.07 Å². The second-order valence-electron chi connectivity index (χ2n) is 5.43. The van der Waals surface area contributed by atoms with Crippen LogP contribution in [0.15, 0.2) is 30.4 Å². The highest BCUT2D eigenvalue weighted by atomic mass is 19.1. The lowest BCUT2D eigenvalue weighted by molar-refractivity contribution is -0.127. The van der Waals surface area contributed by atoms with Crippen molar-refractivity contribution in [2.24, 2.45) is 5.92 Å². The number of allylic oxidation sites excluding steroid dienone is 1. The number of piperidine rings is 1. The highest BCUT2D eigenvalue weighted by Gasteiger charge is 2.22. The van der Waals surface area contributed by atoms with E-state index in [2.05, 4.69) is 0 Å². The van der Waals surface area contributed by atoms with Gasteiger partial charge in [-0.2, -0.15) is 0 Å². The van der Waals surface area contributed by atoms with Gasteiger partial charge in [0, 0.05) is 13.1 Å². The van der Waals surface area contributed by atoms with Crippen molar-refractivity contribution in [3.63, 3.8) is 0 Å². The van der Waals surface area contributed by atoms with Gasteiger partial charge in [0.25, 0.3) is 0 Å². The number of methoxy groups -OCH3 is 1. The number of amides is 1. The minimum Gasteiger partial charge on any atom is -0.497 e. The molecule has 4 heteroatoms. The van der Waals surface area contributed by atoms with Crippen LogP contribution in [0.5, 0.6) is 5.75 Å². The summed E-state index contributed by atoms with van der Waals surface area (Å²) in [6.07, 6.45) is 5.90. The third-order valence-corrected chi connectivity index (χ3v) is 4.00. The van der Waals surface area contributed by atoms with E-state index in [0.717, 1.165) is 25.9 Å². The van der Waals surface area contributed by atoms with Gasteiger partial charge in [0.1, 0.15) is 11.6 Å². The molecule has 1 aromatic carbocycles. The van der Waals surface area contributed by atoms with Crippen LogP contribution in [-0.2, 0) is 11.2 Å². The van der Waals surface area contributed by atoms with Crippen LogP contribution in [0.25, 0.3) is 0 Å². The predicted octanol–water partition coefficient (Wildman–Crippen LogP) is 3.19. The third-order valence-electron chi connectivity index (χ3n) is 4.00. The number of ether oxygens (including phenoxy) is 1. The normalized spacial score (nSPS) is 16.4. The van der Waals surface area contributed by atoms with E-state index in [4.69, 9.17) is 4.74 Å². The van der Waals surface area contributed by atoms with Crippen LogP contribution in [0.3, 0.4) is 0 Å². The quantitative estimate of drug-likeness (QED) is 0.797. The van der Waals surface area contributed by atoms with E-state index < -0.39 is 0 Å². The summed E-state index contributed by atoms with van der Waals surface area (Å²) in [5.41, 5.74) is 0.701. The first-order valence-electron chi connectivity index (χ1n) is 7.38. The molecule has 1 heterocycles. The van der Waals surface area contributed by atoms with Crippen molar-refractivity contribution in [3.8, 4) is 5.75 Å². The lowest BCUT2D eigenvalue weighted by atomic mass is 9.90. The third kappa shape index (κ3) is 4.06. The summed E-state index contributed by atoms with van der Waals surface area (Å²) in [6, 6.07) is 4.86. The predicted molar refractivity (Wildman–Crippen MR) is 80.8 cm³/mol. The van der Waals surface area contributed by atoms with Crippen LogP contribution < -0.4 is 4.74 Å². The Morgan fingerprint density at radius 3 is 2.76 bits per heavy atom. The minimum absolute atomic E-state index is 0.0727. The molecule has 0 bridgehead atoms. The summed E-state index contributed by atoms with van der Waals surface area (Å²) in [5, 5.41) is 0. The maximum Gasteiger partial charge on any atom is 0.246 e. The summed E-state index contributed by atoms with van der Waals surface area (Å²) in [7, 11) is 1.59. The first-order valence-corrected chi connectivity index (χ1v) is 7.38. The minimum atomic E-state index is -0.178. The number of rotatable bonds is 4. The van der Waals surface area contributed by atoms with Crippen molar-refractivity contribution in [1.29, 1.82) is 0 Å². The Labute approximate surface area is 125 Å². The number of carbonyl (C=O) groups excluding carboxylic acids is 1. The van der Waals surface area contributed by atoms with E-state index in [0.29, 0.717) is 23.7 Å². The molecule has 1 aromatic rings. The second-order valence-corrected chi connectivity index (χ2v) is 5.43. The Hall–Kier alpha value is -1.84. The molecule has 2 rings (SSSR count). The zero-order chi connectivity index (χ0) is 15.2. The Morgan fingerprint density at radius 1 is 1.43 bits per heavy atom. The Bertz CT molecular complexity index is 520. The fourth-order valence-electron chi connectivity index (χ4n) is 2.75. The van der Waals surface area contributed by atoms with Crippen LogP contribution in [-0.4, -0.2) is 31.0 Å². The number of hydrogen-bond donors (Lipinski definition) is 0. The van der Waals surface area contributed by atoms with E-state index in [1.54, 1.807) is 31.4 Å². The molecule has 1 amide bonds. The van der Waals surface area contributed by atoms with Gasteiger partial charge in [-0.1, -0.05) is 6.08 Å². The summed E-state index contributed by atoms with van der Waals surface area (Å²) >= 11 is 0. The maximum absolute atomic E-state index is 13.8. The van der Waals surface area contributed by atoms with Crippen LogP contribution >= 0.6 is 0 Å². The zero-order valence-electron chi connectivity index (χ0n) is 12.6. The van der Waals surface area contributed by atoms with Gasteiger partial charge in [-0.3, -0.25) is 4.79 Å².